The predicted octanol–water partition coefficient (Wildman–Crippen LogP) is 3.39. The first-order chi connectivity index (χ1) is 18.6. The molecule has 3 aromatic rings. The van der Waals surface area contributed by atoms with Gasteiger partial charge in [0, 0.05) is 28.6 Å². The number of aromatic nitrogens is 1. The minimum Gasteiger partial charge on any atom is -0.480 e. The normalized spacial score (nSPS) is 20.1. The summed E-state index contributed by atoms with van der Waals surface area (Å²) in [7, 11) is 0. The third-order valence-corrected chi connectivity index (χ3v) is 8.18. The first kappa shape index (κ1) is 26.5. The van der Waals surface area contributed by atoms with Crippen molar-refractivity contribution in [2.75, 3.05) is 0 Å². The van der Waals surface area contributed by atoms with Crippen molar-refractivity contribution in [3.8, 4) is 0 Å². The lowest BCUT2D eigenvalue weighted by Gasteiger charge is -2.38. The van der Waals surface area contributed by atoms with Crippen molar-refractivity contribution in [2.45, 2.75) is 64.7 Å². The Labute approximate surface area is 227 Å². The molecule has 1 aromatic heterocycles. The Morgan fingerprint density at radius 3 is 2.41 bits per heavy atom. The fourth-order valence-electron chi connectivity index (χ4n) is 5.85. The van der Waals surface area contributed by atoms with Gasteiger partial charge in [0.25, 0.3) is 5.91 Å². The molecule has 0 radical (unpaired) electrons. The summed E-state index contributed by atoms with van der Waals surface area (Å²) in [6.07, 6.45) is 0.881. The van der Waals surface area contributed by atoms with Crippen LogP contribution < -0.4 is 10.6 Å². The Hall–Kier alpha value is -4.14. The van der Waals surface area contributed by atoms with E-state index >= 15 is 0 Å². The minimum atomic E-state index is -1.13. The number of benzene rings is 2. The molecule has 204 valence electrons. The van der Waals surface area contributed by atoms with Gasteiger partial charge in [0.2, 0.25) is 11.8 Å². The number of nitrogens with one attached hydrogen (secondary N) is 3. The molecule has 0 saturated heterocycles. The number of rotatable bonds is 8. The van der Waals surface area contributed by atoms with Crippen LogP contribution in [-0.2, 0) is 20.8 Å². The zero-order chi connectivity index (χ0) is 28.0. The lowest BCUT2D eigenvalue weighted by molar-refractivity contribution is -0.144. The highest BCUT2D eigenvalue weighted by Crippen LogP contribution is 2.46. The van der Waals surface area contributed by atoms with Gasteiger partial charge in [-0.05, 0) is 35.1 Å². The number of carboxylic acid groups (broad SMARTS) is 1. The molecular formula is C30H34N4O5. The third kappa shape index (κ3) is 4.45. The number of fused-ring (bicyclic) bond motifs is 7. The first-order valence-electron chi connectivity index (χ1n) is 13.5. The van der Waals surface area contributed by atoms with E-state index in [0.717, 1.165) is 27.7 Å². The average molecular weight is 531 g/mol. The smallest absolute Gasteiger partial charge is 0.326 e. The van der Waals surface area contributed by atoms with Gasteiger partial charge in [-0.25, -0.2) is 4.79 Å². The van der Waals surface area contributed by atoms with Crippen LogP contribution in [0.2, 0.25) is 0 Å². The molecule has 0 bridgehead atoms. The van der Waals surface area contributed by atoms with Crippen LogP contribution in [0.25, 0.3) is 10.9 Å². The van der Waals surface area contributed by atoms with Crippen LogP contribution in [0.3, 0.4) is 0 Å². The summed E-state index contributed by atoms with van der Waals surface area (Å²) in [6, 6.07) is 11.9. The maximum Gasteiger partial charge on any atom is 0.326 e. The topological polar surface area (TPSA) is 132 Å². The number of carbonyl (C=O) groups excluding carboxylic acids is 3. The highest BCUT2D eigenvalue weighted by molar-refractivity contribution is 6.04. The van der Waals surface area contributed by atoms with E-state index in [2.05, 4.69) is 15.6 Å². The molecule has 0 unspecified atom stereocenters. The molecule has 9 nitrogen and oxygen atoms in total. The molecule has 4 N–H and O–H groups in total. The average Bonchev–Trinajstić information content (AvgIpc) is 3.44. The van der Waals surface area contributed by atoms with Crippen LogP contribution in [0.15, 0.2) is 48.5 Å². The SMILES string of the molecule is CC[C@@H](C)[C@H](NC(=O)[C@@H]1Cc2c([nH]c3ccccc23)[C@H]2c3ccccc3C(=O)N21)C(=O)N[C@H](C(=O)O)C(C)C. The zero-order valence-electron chi connectivity index (χ0n) is 22.5. The molecule has 3 amide bonds. The van der Waals surface area contributed by atoms with Crippen molar-refractivity contribution < 1.29 is 24.3 Å². The summed E-state index contributed by atoms with van der Waals surface area (Å²) >= 11 is 0. The van der Waals surface area contributed by atoms with Crippen LogP contribution in [0.5, 0.6) is 0 Å². The monoisotopic (exact) mass is 530 g/mol. The molecule has 2 aromatic carbocycles. The van der Waals surface area contributed by atoms with E-state index in [0.29, 0.717) is 18.4 Å². The van der Waals surface area contributed by atoms with E-state index in [9.17, 15) is 24.3 Å². The number of aromatic amines is 1. The summed E-state index contributed by atoms with van der Waals surface area (Å²) in [6.45, 7) is 7.18. The molecule has 2 aliphatic rings. The number of nitrogens with zero attached hydrogens (tertiary/aromatic N) is 1. The Morgan fingerprint density at radius 1 is 1.03 bits per heavy atom. The molecular weight excluding hydrogens is 496 g/mol. The first-order valence-corrected chi connectivity index (χ1v) is 13.5. The van der Waals surface area contributed by atoms with Crippen LogP contribution in [0.1, 0.15) is 67.3 Å². The summed E-state index contributed by atoms with van der Waals surface area (Å²) in [4.78, 5) is 57.8. The molecule has 3 heterocycles. The van der Waals surface area contributed by atoms with Gasteiger partial charge in [0.05, 0.1) is 6.04 Å². The van der Waals surface area contributed by atoms with Crippen molar-refractivity contribution in [1.29, 1.82) is 0 Å². The highest BCUT2D eigenvalue weighted by Gasteiger charge is 2.49. The second-order valence-electron chi connectivity index (χ2n) is 10.9. The quantitative estimate of drug-likeness (QED) is 0.355. The van der Waals surface area contributed by atoms with Gasteiger partial charge in [-0.2, -0.15) is 0 Å². The molecule has 0 saturated carbocycles. The van der Waals surface area contributed by atoms with Gasteiger partial charge >= 0.3 is 5.97 Å². The highest BCUT2D eigenvalue weighted by atomic mass is 16.4. The fraction of sp³-hybridized carbons (Fsp3) is 0.400. The Balaban J connectivity index is 1.51. The van der Waals surface area contributed by atoms with Crippen LogP contribution in [0.4, 0.5) is 0 Å². The van der Waals surface area contributed by atoms with E-state index in [4.69, 9.17) is 0 Å². The molecule has 9 heteroatoms. The van der Waals surface area contributed by atoms with Crippen molar-refractivity contribution in [1.82, 2.24) is 20.5 Å². The number of para-hydroxylation sites is 1. The lowest BCUT2D eigenvalue weighted by atomic mass is 9.89. The largest absolute Gasteiger partial charge is 0.480 e. The number of carbonyl (C=O) groups is 4. The van der Waals surface area contributed by atoms with Gasteiger partial charge in [0.1, 0.15) is 18.1 Å². The number of aliphatic carboxylic acids is 1. The maximum absolute atomic E-state index is 14.0. The lowest BCUT2D eigenvalue weighted by Crippen LogP contribution is -2.59. The third-order valence-electron chi connectivity index (χ3n) is 8.18. The van der Waals surface area contributed by atoms with Crippen LogP contribution in [0, 0.1) is 11.8 Å². The van der Waals surface area contributed by atoms with Crippen molar-refractivity contribution in [2.24, 2.45) is 11.8 Å². The van der Waals surface area contributed by atoms with Crippen molar-refractivity contribution in [3.63, 3.8) is 0 Å². The molecule has 5 rings (SSSR count). The van der Waals surface area contributed by atoms with Gasteiger partial charge in [-0.3, -0.25) is 14.4 Å². The molecule has 0 fully saturated rings. The second-order valence-corrected chi connectivity index (χ2v) is 10.9. The van der Waals surface area contributed by atoms with Crippen LogP contribution in [-0.4, -0.2) is 56.8 Å². The minimum absolute atomic E-state index is 0.227. The summed E-state index contributed by atoms with van der Waals surface area (Å²) in [5.41, 5.74) is 4.21. The van der Waals surface area contributed by atoms with E-state index in [1.807, 2.05) is 56.3 Å². The Morgan fingerprint density at radius 2 is 1.72 bits per heavy atom. The molecule has 0 aliphatic carbocycles. The molecule has 5 atom stereocenters. The zero-order valence-corrected chi connectivity index (χ0v) is 22.5. The number of hydrogen-bond acceptors (Lipinski definition) is 4. The van der Waals surface area contributed by atoms with E-state index < -0.39 is 42.0 Å². The van der Waals surface area contributed by atoms with E-state index in [-0.39, 0.29) is 17.7 Å². The number of hydrogen-bond donors (Lipinski definition) is 4. The summed E-state index contributed by atoms with van der Waals surface area (Å²) in [5.74, 6) is -2.93. The van der Waals surface area contributed by atoms with E-state index in [1.165, 1.54) is 0 Å². The van der Waals surface area contributed by atoms with Crippen LogP contribution >= 0.6 is 0 Å². The standard InChI is InChI=1S/C30H34N4O5/c1-5-16(4)24(28(36)32-23(15(2)3)30(38)39)33-27(35)22-14-20-17-10-8-9-13-21(17)31-25(20)26-18-11-6-7-12-19(18)29(37)34(22)26/h6-13,15-16,22-24,26,31H,5,14H2,1-4H3,(H,32,36)(H,33,35)(H,38,39)/t16-,22+,23+,24+,26-/m1/s1. The van der Waals surface area contributed by atoms with Gasteiger partial charge in [-0.1, -0.05) is 70.5 Å². The van der Waals surface area contributed by atoms with Crippen molar-refractivity contribution in [3.05, 3.63) is 70.9 Å². The maximum atomic E-state index is 14.0. The molecule has 0 spiro atoms. The predicted molar refractivity (Wildman–Crippen MR) is 146 cm³/mol. The van der Waals surface area contributed by atoms with E-state index in [1.54, 1.807) is 24.8 Å². The number of amides is 3. The summed E-state index contributed by atoms with van der Waals surface area (Å²) < 4.78 is 0. The van der Waals surface area contributed by atoms with Crippen molar-refractivity contribution >= 4 is 34.6 Å². The Kier molecular flexibility index (Phi) is 6.92. The van der Waals surface area contributed by atoms with Gasteiger partial charge in [-0.15, -0.1) is 0 Å². The fourth-order valence-corrected chi connectivity index (χ4v) is 5.85. The molecule has 2 aliphatic heterocycles. The van der Waals surface area contributed by atoms with Gasteiger partial charge in [0.15, 0.2) is 0 Å². The Bertz CT molecular complexity index is 1460. The second kappa shape index (κ2) is 10.2. The number of H-pyrrole nitrogens is 1. The molecule has 39 heavy (non-hydrogen) atoms. The van der Waals surface area contributed by atoms with Gasteiger partial charge < -0.3 is 25.6 Å². The summed E-state index contributed by atoms with van der Waals surface area (Å²) in [5, 5.41) is 16.1. The number of carboxylic acids is 1.